The second-order valence-electron chi connectivity index (χ2n) is 2.95. The van der Waals surface area contributed by atoms with Gasteiger partial charge in [-0.25, -0.2) is 0 Å². The van der Waals surface area contributed by atoms with Crippen LogP contribution >= 0.6 is 0 Å². The van der Waals surface area contributed by atoms with Gasteiger partial charge < -0.3 is 10.1 Å². The molecule has 1 aliphatic heterocycles. The molecule has 2 fully saturated rings. The number of carbonyl (C=O) groups excluding carboxylic acids is 1. The summed E-state index contributed by atoms with van der Waals surface area (Å²) in [5.74, 6) is 0.0446. The third kappa shape index (κ3) is 0.904. The van der Waals surface area contributed by atoms with E-state index in [0.29, 0.717) is 12.1 Å². The van der Waals surface area contributed by atoms with Gasteiger partial charge in [0.2, 0.25) is 5.91 Å². The second-order valence-corrected chi connectivity index (χ2v) is 2.95. The van der Waals surface area contributed by atoms with Crippen LogP contribution in [0.25, 0.3) is 0 Å². The molecule has 3 heteroatoms. The molecule has 0 radical (unpaired) electrons. The van der Waals surface area contributed by atoms with Crippen LogP contribution in [-0.4, -0.2) is 24.7 Å². The van der Waals surface area contributed by atoms with E-state index in [1.54, 1.807) is 0 Å². The molecule has 1 saturated carbocycles. The summed E-state index contributed by atoms with van der Waals surface area (Å²) in [6.07, 6.45) is 3.72. The molecule has 1 N–H and O–H groups in total. The first-order chi connectivity index (χ1) is 4.86. The van der Waals surface area contributed by atoms with Crippen molar-refractivity contribution in [2.45, 2.75) is 31.4 Å². The Morgan fingerprint density at radius 1 is 1.50 bits per heavy atom. The summed E-state index contributed by atoms with van der Waals surface area (Å²) in [6.45, 7) is 0.265. The number of ether oxygens (including phenoxy) is 1. The molecule has 1 saturated heterocycles. The number of fused-ring (bicyclic) bond motifs is 1. The van der Waals surface area contributed by atoms with Crippen LogP contribution < -0.4 is 5.32 Å². The summed E-state index contributed by atoms with van der Waals surface area (Å²) in [4.78, 5) is 10.8. The van der Waals surface area contributed by atoms with E-state index in [0.717, 1.165) is 12.8 Å². The Bertz CT molecular complexity index is 158. The molecular formula is C7H11NO2. The Morgan fingerprint density at radius 2 is 2.40 bits per heavy atom. The van der Waals surface area contributed by atoms with E-state index in [2.05, 4.69) is 5.32 Å². The lowest BCUT2D eigenvalue weighted by atomic mass is 10.2. The molecule has 0 unspecified atom stereocenters. The molecule has 1 amide bonds. The van der Waals surface area contributed by atoms with Crippen LogP contribution in [0.2, 0.25) is 0 Å². The maximum absolute atomic E-state index is 10.8. The molecule has 3 nitrogen and oxygen atoms in total. The minimum absolute atomic E-state index is 0.0446. The van der Waals surface area contributed by atoms with Crippen LogP contribution in [0, 0.1) is 0 Å². The topological polar surface area (TPSA) is 38.3 Å². The number of hydrogen-bond acceptors (Lipinski definition) is 2. The first kappa shape index (κ1) is 6.16. The molecular weight excluding hydrogens is 130 g/mol. The van der Waals surface area contributed by atoms with Crippen LogP contribution in [0.3, 0.4) is 0 Å². The van der Waals surface area contributed by atoms with Gasteiger partial charge in [-0.3, -0.25) is 4.79 Å². The van der Waals surface area contributed by atoms with Crippen molar-refractivity contribution in [1.29, 1.82) is 0 Å². The average Bonchev–Trinajstić information content (AvgIpc) is 2.33. The summed E-state index contributed by atoms with van der Waals surface area (Å²) in [6, 6.07) is 0.321. The van der Waals surface area contributed by atoms with E-state index in [1.807, 2.05) is 0 Å². The maximum atomic E-state index is 10.8. The summed E-state index contributed by atoms with van der Waals surface area (Å²) >= 11 is 0. The fourth-order valence-electron chi connectivity index (χ4n) is 1.72. The zero-order chi connectivity index (χ0) is 6.97. The van der Waals surface area contributed by atoms with Crippen molar-refractivity contribution in [1.82, 2.24) is 5.32 Å². The summed E-state index contributed by atoms with van der Waals surface area (Å²) < 4.78 is 5.30. The van der Waals surface area contributed by atoms with Crippen molar-refractivity contribution in [2.75, 3.05) is 6.61 Å². The van der Waals surface area contributed by atoms with E-state index in [9.17, 15) is 4.79 Å². The smallest absolute Gasteiger partial charge is 0.246 e. The van der Waals surface area contributed by atoms with Crippen LogP contribution in [-0.2, 0) is 9.53 Å². The van der Waals surface area contributed by atoms with Gasteiger partial charge in [-0.1, -0.05) is 0 Å². The molecule has 1 aliphatic carbocycles. The number of hydrogen-bond donors (Lipinski definition) is 1. The molecule has 10 heavy (non-hydrogen) atoms. The normalized spacial score (nSPS) is 39.0. The minimum Gasteiger partial charge on any atom is -0.366 e. The summed E-state index contributed by atoms with van der Waals surface area (Å²) in [7, 11) is 0. The maximum Gasteiger partial charge on any atom is 0.246 e. The first-order valence-corrected chi connectivity index (χ1v) is 3.77. The van der Waals surface area contributed by atoms with E-state index in [4.69, 9.17) is 4.74 Å². The SMILES string of the molecule is O=C1CO[C@@H]2CCC[C@@H]2N1. The number of carbonyl (C=O) groups is 1. The van der Waals surface area contributed by atoms with Gasteiger partial charge in [0.25, 0.3) is 0 Å². The van der Waals surface area contributed by atoms with E-state index < -0.39 is 0 Å². The van der Waals surface area contributed by atoms with Crippen LogP contribution in [0.15, 0.2) is 0 Å². The molecule has 0 aromatic heterocycles. The highest BCUT2D eigenvalue weighted by Gasteiger charge is 2.32. The molecule has 56 valence electrons. The van der Waals surface area contributed by atoms with E-state index >= 15 is 0 Å². The van der Waals surface area contributed by atoms with Gasteiger partial charge in [-0.2, -0.15) is 0 Å². The largest absolute Gasteiger partial charge is 0.366 e. The predicted octanol–water partition coefficient (Wildman–Crippen LogP) is 0.0539. The Morgan fingerprint density at radius 3 is 3.30 bits per heavy atom. The van der Waals surface area contributed by atoms with Crippen molar-refractivity contribution < 1.29 is 9.53 Å². The lowest BCUT2D eigenvalue weighted by Crippen LogP contribution is -2.48. The highest BCUT2D eigenvalue weighted by atomic mass is 16.5. The molecule has 0 aromatic carbocycles. The fourth-order valence-corrected chi connectivity index (χ4v) is 1.72. The fraction of sp³-hybridized carbons (Fsp3) is 0.857. The number of rotatable bonds is 0. The Balaban J connectivity index is 2.03. The molecule has 1 heterocycles. The van der Waals surface area contributed by atoms with E-state index in [1.165, 1.54) is 6.42 Å². The first-order valence-electron chi connectivity index (χ1n) is 3.77. The van der Waals surface area contributed by atoms with Crippen molar-refractivity contribution in [3.8, 4) is 0 Å². The quantitative estimate of drug-likeness (QED) is 0.517. The molecule has 0 bridgehead atoms. The van der Waals surface area contributed by atoms with Crippen LogP contribution in [0.1, 0.15) is 19.3 Å². The average molecular weight is 141 g/mol. The highest BCUT2D eigenvalue weighted by Crippen LogP contribution is 2.23. The number of amides is 1. The van der Waals surface area contributed by atoms with Gasteiger partial charge in [0.05, 0.1) is 12.1 Å². The highest BCUT2D eigenvalue weighted by molar-refractivity contribution is 5.78. The number of nitrogens with one attached hydrogen (secondary N) is 1. The van der Waals surface area contributed by atoms with Crippen LogP contribution in [0.5, 0.6) is 0 Å². The Kier molecular flexibility index (Phi) is 1.38. The van der Waals surface area contributed by atoms with E-state index in [-0.39, 0.29) is 12.5 Å². The molecule has 0 aromatic rings. The van der Waals surface area contributed by atoms with Gasteiger partial charge in [-0.15, -0.1) is 0 Å². The standard InChI is InChI=1S/C7H11NO2/c9-7-4-10-6-3-1-2-5(6)8-7/h5-6H,1-4H2,(H,8,9)/t5-,6+/m0/s1. The lowest BCUT2D eigenvalue weighted by molar-refractivity contribution is -0.135. The van der Waals surface area contributed by atoms with Crippen molar-refractivity contribution in [3.63, 3.8) is 0 Å². The van der Waals surface area contributed by atoms with Crippen LogP contribution in [0.4, 0.5) is 0 Å². The molecule has 0 spiro atoms. The third-order valence-electron chi connectivity index (χ3n) is 2.23. The molecule has 2 rings (SSSR count). The van der Waals surface area contributed by atoms with Crippen molar-refractivity contribution in [3.05, 3.63) is 0 Å². The van der Waals surface area contributed by atoms with Gasteiger partial charge in [0.1, 0.15) is 6.61 Å². The third-order valence-corrected chi connectivity index (χ3v) is 2.23. The zero-order valence-corrected chi connectivity index (χ0v) is 5.80. The van der Waals surface area contributed by atoms with Gasteiger partial charge in [0, 0.05) is 0 Å². The summed E-state index contributed by atoms with van der Waals surface area (Å²) in [5.41, 5.74) is 0. The number of morpholine rings is 1. The zero-order valence-electron chi connectivity index (χ0n) is 5.80. The monoisotopic (exact) mass is 141 g/mol. The van der Waals surface area contributed by atoms with Gasteiger partial charge in [-0.05, 0) is 19.3 Å². The van der Waals surface area contributed by atoms with Gasteiger partial charge >= 0.3 is 0 Å². The molecule has 2 atom stereocenters. The van der Waals surface area contributed by atoms with Crippen molar-refractivity contribution >= 4 is 5.91 Å². The predicted molar refractivity (Wildman–Crippen MR) is 35.5 cm³/mol. The molecule has 2 aliphatic rings. The Hall–Kier alpha value is -0.570. The lowest BCUT2D eigenvalue weighted by Gasteiger charge is -2.26. The second kappa shape index (κ2) is 2.23. The summed E-state index contributed by atoms with van der Waals surface area (Å²) in [5, 5.41) is 2.91. The Labute approximate surface area is 59.7 Å². The van der Waals surface area contributed by atoms with Crippen molar-refractivity contribution in [2.24, 2.45) is 0 Å². The van der Waals surface area contributed by atoms with Gasteiger partial charge in [0.15, 0.2) is 0 Å². The minimum atomic E-state index is 0.0446.